The molecule has 6 nitrogen and oxygen atoms in total. The van der Waals surface area contributed by atoms with E-state index in [4.69, 9.17) is 20.4 Å². The van der Waals surface area contributed by atoms with Gasteiger partial charge in [0.2, 0.25) is 6.41 Å². The summed E-state index contributed by atoms with van der Waals surface area (Å²) in [6, 6.07) is 0. The lowest BCUT2D eigenvalue weighted by Gasteiger charge is -2.18. The van der Waals surface area contributed by atoms with E-state index in [0.29, 0.717) is 12.1 Å². The highest BCUT2D eigenvalue weighted by atomic mass is 16.5. The third-order valence-corrected chi connectivity index (χ3v) is 2.06. The highest BCUT2D eigenvalue weighted by Gasteiger charge is 2.27. The van der Waals surface area contributed by atoms with Crippen molar-refractivity contribution in [2.75, 3.05) is 5.32 Å². The predicted octanol–water partition coefficient (Wildman–Crippen LogP) is -0.474. The zero-order valence-electron chi connectivity index (χ0n) is 8.46. The second kappa shape index (κ2) is 4.83. The molecule has 8 heteroatoms. The van der Waals surface area contributed by atoms with E-state index < -0.39 is 5.52 Å². The number of hydrogen-bond donors (Lipinski definition) is 2. The van der Waals surface area contributed by atoms with E-state index in [1.54, 1.807) is 0 Å². The van der Waals surface area contributed by atoms with Gasteiger partial charge in [-0.1, -0.05) is 7.43 Å². The number of nitrogens with zero attached hydrogens (tertiary/aromatic N) is 2. The van der Waals surface area contributed by atoms with E-state index in [-0.39, 0.29) is 19.4 Å². The van der Waals surface area contributed by atoms with Gasteiger partial charge in [0, 0.05) is 0 Å². The van der Waals surface area contributed by atoms with Gasteiger partial charge in [-0.15, -0.1) is 5.10 Å². The van der Waals surface area contributed by atoms with Crippen molar-refractivity contribution in [2.45, 2.75) is 31.9 Å². The van der Waals surface area contributed by atoms with E-state index in [9.17, 15) is 9.90 Å². The number of hydrogen-bond acceptors (Lipinski definition) is 4. The first kappa shape index (κ1) is 13.6. The summed E-state index contributed by atoms with van der Waals surface area (Å²) >= 11 is 0. The first-order valence-electron chi connectivity index (χ1n) is 4.78. The predicted molar refractivity (Wildman–Crippen MR) is 64.0 cm³/mol. The number of amides is 1. The van der Waals surface area contributed by atoms with Crippen LogP contribution < -0.4 is 10.1 Å². The van der Waals surface area contributed by atoms with Crippen LogP contribution in [-0.2, 0) is 10.3 Å². The molecule has 1 aromatic rings. The first-order valence-corrected chi connectivity index (χ1v) is 4.78. The number of aliphatic hydroxyl groups is 1. The van der Waals surface area contributed by atoms with Crippen LogP contribution in [0.4, 0.5) is 5.69 Å². The Morgan fingerprint density at radius 2 is 2.29 bits per heavy atom. The second-order valence-corrected chi connectivity index (χ2v) is 3.65. The molecule has 1 heterocycles. The topological polar surface area (TPSA) is 76.4 Å². The summed E-state index contributed by atoms with van der Waals surface area (Å²) in [5.41, 5.74) is -1.80. The van der Waals surface area contributed by atoms with Crippen LogP contribution in [0.1, 0.15) is 20.3 Å². The molecule has 88 valence electrons. The lowest BCUT2D eigenvalue weighted by atomic mass is 9.73. The fourth-order valence-corrected chi connectivity index (χ4v) is 1.13. The highest BCUT2D eigenvalue weighted by Crippen LogP contribution is 2.31. The maximum atomic E-state index is 10.4. The molecule has 1 fully saturated rings. The van der Waals surface area contributed by atoms with Crippen LogP contribution in [-0.4, -0.2) is 43.1 Å². The molecular weight excluding hydrogens is 220 g/mol. The zero-order valence-corrected chi connectivity index (χ0v) is 8.46. The van der Waals surface area contributed by atoms with Crippen molar-refractivity contribution in [3.05, 3.63) is 6.20 Å². The Morgan fingerprint density at radius 1 is 1.65 bits per heavy atom. The lowest BCUT2D eigenvalue weighted by Crippen LogP contribution is -2.34. The van der Waals surface area contributed by atoms with Gasteiger partial charge in [-0.2, -0.15) is 0 Å². The summed E-state index contributed by atoms with van der Waals surface area (Å²) in [6.07, 6.45) is 3.78. The van der Waals surface area contributed by atoms with E-state index in [1.807, 2.05) is 0 Å². The summed E-state index contributed by atoms with van der Waals surface area (Å²) in [6.45, 7) is 0. The van der Waals surface area contributed by atoms with E-state index in [0.717, 1.165) is 17.5 Å². The Kier molecular flexibility index (Phi) is 3.87. The molecule has 1 aromatic heterocycles. The molecule has 0 bridgehead atoms. The van der Waals surface area contributed by atoms with Gasteiger partial charge in [-0.25, -0.2) is 0 Å². The van der Waals surface area contributed by atoms with E-state index >= 15 is 0 Å². The van der Waals surface area contributed by atoms with Crippen molar-refractivity contribution in [1.82, 2.24) is 9.78 Å². The molecule has 0 spiro atoms. The minimum Gasteiger partial charge on any atom is -0.472 e. The highest BCUT2D eigenvalue weighted by molar-refractivity contribution is 6.36. The summed E-state index contributed by atoms with van der Waals surface area (Å²) < 4.78 is 6.32. The van der Waals surface area contributed by atoms with Crippen LogP contribution in [0, 0.1) is 0 Å². The molecule has 17 heavy (non-hydrogen) atoms. The number of nitrogens with one attached hydrogen (secondary N) is 1. The number of aromatic nitrogens is 2. The van der Waals surface area contributed by atoms with Gasteiger partial charge in [0.05, 0.1) is 11.7 Å². The maximum Gasteiger partial charge on any atom is 0.257 e. The van der Waals surface area contributed by atoms with E-state index in [2.05, 4.69) is 10.4 Å². The fourth-order valence-electron chi connectivity index (χ4n) is 1.13. The summed E-state index contributed by atoms with van der Waals surface area (Å²) in [7, 11) is 10.5. The zero-order chi connectivity index (χ0) is 11.8. The maximum absolute atomic E-state index is 10.4. The molecule has 1 saturated carbocycles. The fraction of sp³-hybridized carbons (Fsp3) is 0.556. The monoisotopic (exact) mass is 233 g/mol. The third-order valence-electron chi connectivity index (χ3n) is 2.06. The Balaban J connectivity index is 0.00000144. The van der Waals surface area contributed by atoms with Crippen LogP contribution in [0.5, 0.6) is 5.88 Å². The van der Waals surface area contributed by atoms with Crippen LogP contribution in [0.25, 0.3) is 0 Å². The van der Waals surface area contributed by atoms with Crippen molar-refractivity contribution in [3.63, 3.8) is 0 Å². The van der Waals surface area contributed by atoms with Gasteiger partial charge >= 0.3 is 0 Å². The lowest BCUT2D eigenvalue weighted by molar-refractivity contribution is -0.105. The molecule has 2 N–H and O–H groups in total. The molecule has 0 saturated heterocycles. The number of rotatable bonds is 5. The Hall–Kier alpha value is -1.43. The van der Waals surface area contributed by atoms with Crippen molar-refractivity contribution < 1.29 is 14.6 Å². The number of carbonyl (C=O) groups excluding carboxylic acids is 1. The summed E-state index contributed by atoms with van der Waals surface area (Å²) in [5, 5.41) is 15.6. The largest absolute Gasteiger partial charge is 0.472 e. The quantitative estimate of drug-likeness (QED) is 0.532. The molecule has 0 aromatic carbocycles. The van der Waals surface area contributed by atoms with Crippen molar-refractivity contribution >= 4 is 27.8 Å². The third kappa shape index (κ3) is 3.26. The van der Waals surface area contributed by atoms with Gasteiger partial charge < -0.3 is 15.2 Å². The van der Waals surface area contributed by atoms with Crippen molar-refractivity contribution in [3.8, 4) is 5.88 Å². The molecule has 1 amide bonds. The van der Waals surface area contributed by atoms with Gasteiger partial charge in [0.15, 0.2) is 0 Å². The number of ether oxygens (including phenoxy) is 1. The smallest absolute Gasteiger partial charge is 0.257 e. The van der Waals surface area contributed by atoms with E-state index in [1.165, 1.54) is 6.20 Å². The molecule has 4 radical (unpaired) electrons. The number of carbonyl (C=O) groups is 1. The molecule has 1 aliphatic carbocycles. The minimum absolute atomic E-state index is 0. The molecule has 2 rings (SSSR count). The van der Waals surface area contributed by atoms with Gasteiger partial charge in [0.1, 0.15) is 27.5 Å². The van der Waals surface area contributed by atoms with Crippen molar-refractivity contribution in [1.29, 1.82) is 0 Å². The van der Waals surface area contributed by atoms with Gasteiger partial charge in [-0.3, -0.25) is 9.48 Å². The first-order chi connectivity index (χ1) is 7.50. The Morgan fingerprint density at radius 3 is 2.76 bits per heavy atom. The van der Waals surface area contributed by atoms with Crippen LogP contribution >= 0.6 is 0 Å². The standard InChI is InChI=1S/C8H9B2N3O3.CH4/c9-8(10,15)13-3-6(11-4-14)7(12-13)16-5-1-2-5;/h3-5,15H,1-2H2,(H,11,14);1H4. The Bertz CT molecular complexity index is 399. The average Bonchev–Trinajstić information content (AvgIpc) is 2.88. The molecule has 1 aliphatic rings. The second-order valence-electron chi connectivity index (χ2n) is 3.65. The van der Waals surface area contributed by atoms with Crippen LogP contribution in [0.2, 0.25) is 0 Å². The van der Waals surface area contributed by atoms with Gasteiger partial charge in [-0.05, 0) is 12.8 Å². The average molecular weight is 233 g/mol. The normalized spacial score (nSPS) is 14.9. The SMILES string of the molecule is C.[B]C([B])(O)n1cc(NC=O)c(OC2CC2)n1. The number of anilines is 1. The van der Waals surface area contributed by atoms with Crippen molar-refractivity contribution in [2.24, 2.45) is 0 Å². The van der Waals surface area contributed by atoms with Crippen LogP contribution in [0.3, 0.4) is 0 Å². The van der Waals surface area contributed by atoms with Gasteiger partial charge in [0.25, 0.3) is 5.88 Å². The summed E-state index contributed by atoms with van der Waals surface area (Å²) in [5.74, 6) is 0.198. The summed E-state index contributed by atoms with van der Waals surface area (Å²) in [4.78, 5) is 10.4. The minimum atomic E-state index is -2.12. The molecular formula is C9H13B2N3O3. The molecule has 0 atom stereocenters. The Labute approximate surface area is 102 Å². The molecule has 0 aliphatic heterocycles. The van der Waals surface area contributed by atoms with Crippen LogP contribution in [0.15, 0.2) is 6.20 Å². The molecule has 0 unspecified atom stereocenters.